The number of aryl methyl sites for hydroxylation is 1. The third-order valence-corrected chi connectivity index (χ3v) is 3.86. The molecule has 0 saturated heterocycles. The largest absolute Gasteiger partial charge is 0.508 e. The molecule has 2 aromatic rings. The molecule has 0 radical (unpaired) electrons. The van der Waals surface area contributed by atoms with Crippen LogP contribution < -0.4 is 0 Å². The van der Waals surface area contributed by atoms with Gasteiger partial charge in [0.25, 0.3) is 0 Å². The highest BCUT2D eigenvalue weighted by atomic mass is 16.3. The minimum absolute atomic E-state index is 0.172. The summed E-state index contributed by atoms with van der Waals surface area (Å²) in [6.45, 7) is 2.14. The van der Waals surface area contributed by atoms with Crippen molar-refractivity contribution in [3.63, 3.8) is 0 Å². The van der Waals surface area contributed by atoms with Gasteiger partial charge < -0.3 is 5.11 Å². The molecule has 0 fully saturated rings. The van der Waals surface area contributed by atoms with E-state index in [-0.39, 0.29) is 5.75 Å². The summed E-state index contributed by atoms with van der Waals surface area (Å²) in [7, 11) is 0. The summed E-state index contributed by atoms with van der Waals surface area (Å²) in [5.74, 6) is 0.525. The van der Waals surface area contributed by atoms with Gasteiger partial charge in [-0.25, -0.2) is 0 Å². The monoisotopic (exact) mass is 282 g/mol. The van der Waals surface area contributed by atoms with Crippen LogP contribution in [0.4, 0.5) is 0 Å². The number of carbonyl (C=O) groups excluding carboxylic acids is 1. The van der Waals surface area contributed by atoms with E-state index in [1.54, 1.807) is 6.07 Å². The molecular formula is C19H22O2. The number of aromatic hydroxyl groups is 1. The van der Waals surface area contributed by atoms with Crippen LogP contribution in [0.25, 0.3) is 0 Å². The molecule has 0 heterocycles. The van der Waals surface area contributed by atoms with Crippen LogP contribution in [0, 0.1) is 0 Å². The normalized spacial score (nSPS) is 12.0. The van der Waals surface area contributed by atoms with Crippen molar-refractivity contribution >= 4 is 6.29 Å². The molecule has 110 valence electrons. The first-order valence-corrected chi connectivity index (χ1v) is 7.52. The van der Waals surface area contributed by atoms with Crippen LogP contribution in [0.1, 0.15) is 53.6 Å². The Balaban J connectivity index is 1.83. The molecule has 0 saturated carbocycles. The van der Waals surface area contributed by atoms with Crippen molar-refractivity contribution in [1.82, 2.24) is 0 Å². The zero-order chi connectivity index (χ0) is 15.1. The molecule has 0 aliphatic carbocycles. The maximum absolute atomic E-state index is 10.8. The number of unbranched alkanes of at least 4 members (excludes halogenated alkanes) is 1. The Labute approximate surface area is 126 Å². The van der Waals surface area contributed by atoms with E-state index in [1.165, 1.54) is 11.6 Å². The van der Waals surface area contributed by atoms with E-state index in [9.17, 15) is 9.90 Å². The Morgan fingerprint density at radius 2 is 1.86 bits per heavy atom. The number of hydrogen-bond acceptors (Lipinski definition) is 2. The Bertz CT molecular complexity index is 575. The topological polar surface area (TPSA) is 37.3 Å². The van der Waals surface area contributed by atoms with Gasteiger partial charge >= 0.3 is 0 Å². The van der Waals surface area contributed by atoms with Crippen molar-refractivity contribution in [3.05, 3.63) is 65.2 Å². The Morgan fingerprint density at radius 3 is 2.57 bits per heavy atom. The molecule has 1 atom stereocenters. The Hall–Kier alpha value is -2.09. The zero-order valence-corrected chi connectivity index (χ0v) is 12.5. The summed E-state index contributed by atoms with van der Waals surface area (Å²) in [4.78, 5) is 10.8. The van der Waals surface area contributed by atoms with E-state index in [4.69, 9.17) is 0 Å². The smallest absolute Gasteiger partial charge is 0.150 e. The maximum Gasteiger partial charge on any atom is 0.150 e. The van der Waals surface area contributed by atoms with Crippen molar-refractivity contribution in [2.24, 2.45) is 0 Å². The standard InChI is InChI=1S/C19H22O2/c1-15(18-11-17(14-20)12-19(21)13-18)7-5-6-10-16-8-3-2-4-9-16/h2-4,8-9,11-15,21H,5-7,10H2,1H3. The highest BCUT2D eigenvalue weighted by molar-refractivity contribution is 5.76. The fraction of sp³-hybridized carbons (Fsp3) is 0.316. The third-order valence-electron chi connectivity index (χ3n) is 3.86. The minimum atomic E-state index is 0.172. The molecule has 0 aromatic heterocycles. The third kappa shape index (κ3) is 4.75. The highest BCUT2D eigenvalue weighted by Gasteiger charge is 2.08. The molecule has 2 aromatic carbocycles. The van der Waals surface area contributed by atoms with E-state index >= 15 is 0 Å². The zero-order valence-electron chi connectivity index (χ0n) is 12.5. The van der Waals surface area contributed by atoms with E-state index in [1.807, 2.05) is 12.1 Å². The van der Waals surface area contributed by atoms with E-state index in [0.29, 0.717) is 11.5 Å². The van der Waals surface area contributed by atoms with Crippen LogP contribution in [0.5, 0.6) is 5.75 Å². The first-order chi connectivity index (χ1) is 10.2. The molecule has 0 amide bonds. The van der Waals surface area contributed by atoms with Crippen molar-refractivity contribution in [2.45, 2.75) is 38.5 Å². The number of aldehydes is 1. The predicted octanol–water partition coefficient (Wildman–Crippen LogP) is 4.72. The van der Waals surface area contributed by atoms with Crippen molar-refractivity contribution in [3.8, 4) is 5.75 Å². The van der Waals surface area contributed by atoms with Gasteiger partial charge in [-0.15, -0.1) is 0 Å². The summed E-state index contributed by atoms with van der Waals surface area (Å²) in [5, 5.41) is 9.64. The number of carbonyl (C=O) groups is 1. The van der Waals surface area contributed by atoms with Gasteiger partial charge in [-0.05, 0) is 54.5 Å². The average Bonchev–Trinajstić information content (AvgIpc) is 2.51. The second kappa shape index (κ2) is 7.63. The quantitative estimate of drug-likeness (QED) is 0.589. The van der Waals surface area contributed by atoms with Gasteiger partial charge in [0.1, 0.15) is 12.0 Å². The van der Waals surface area contributed by atoms with Gasteiger partial charge in [0.15, 0.2) is 0 Å². The van der Waals surface area contributed by atoms with Crippen molar-refractivity contribution in [1.29, 1.82) is 0 Å². The molecule has 0 spiro atoms. The van der Waals surface area contributed by atoms with Crippen LogP contribution in [0.15, 0.2) is 48.5 Å². The molecule has 0 bridgehead atoms. The number of hydrogen-bond donors (Lipinski definition) is 1. The number of phenolic OH excluding ortho intramolecular Hbond substituents is 1. The van der Waals surface area contributed by atoms with Crippen LogP contribution >= 0.6 is 0 Å². The van der Waals surface area contributed by atoms with E-state index in [0.717, 1.165) is 37.5 Å². The van der Waals surface area contributed by atoms with Crippen LogP contribution in [-0.2, 0) is 6.42 Å². The molecule has 21 heavy (non-hydrogen) atoms. The van der Waals surface area contributed by atoms with Gasteiger partial charge in [-0.3, -0.25) is 4.79 Å². The summed E-state index contributed by atoms with van der Waals surface area (Å²) in [6, 6.07) is 15.6. The van der Waals surface area contributed by atoms with Gasteiger partial charge in [-0.1, -0.05) is 43.7 Å². The molecule has 0 aliphatic heterocycles. The highest BCUT2D eigenvalue weighted by Crippen LogP contribution is 2.26. The average molecular weight is 282 g/mol. The summed E-state index contributed by atoms with van der Waals surface area (Å²) in [6.07, 6.45) is 5.25. The Morgan fingerprint density at radius 1 is 1.10 bits per heavy atom. The predicted molar refractivity (Wildman–Crippen MR) is 85.9 cm³/mol. The van der Waals surface area contributed by atoms with Gasteiger partial charge in [0, 0.05) is 5.56 Å². The van der Waals surface area contributed by atoms with Crippen molar-refractivity contribution < 1.29 is 9.90 Å². The lowest BCUT2D eigenvalue weighted by Gasteiger charge is -2.13. The van der Waals surface area contributed by atoms with E-state index < -0.39 is 0 Å². The fourth-order valence-electron chi connectivity index (χ4n) is 2.60. The van der Waals surface area contributed by atoms with Crippen LogP contribution in [-0.4, -0.2) is 11.4 Å². The fourth-order valence-corrected chi connectivity index (χ4v) is 2.60. The molecule has 1 N–H and O–H groups in total. The number of benzene rings is 2. The van der Waals surface area contributed by atoms with Gasteiger partial charge in [-0.2, -0.15) is 0 Å². The van der Waals surface area contributed by atoms with E-state index in [2.05, 4.69) is 31.2 Å². The number of rotatable bonds is 7. The maximum atomic E-state index is 10.8. The molecule has 1 unspecified atom stereocenters. The number of phenols is 1. The second-order valence-corrected chi connectivity index (χ2v) is 5.61. The SMILES string of the molecule is CC(CCCCc1ccccc1)c1cc(O)cc(C=O)c1. The minimum Gasteiger partial charge on any atom is -0.508 e. The lowest BCUT2D eigenvalue weighted by molar-refractivity contribution is 0.112. The summed E-state index contributed by atoms with van der Waals surface area (Å²) < 4.78 is 0. The second-order valence-electron chi connectivity index (χ2n) is 5.61. The Kier molecular flexibility index (Phi) is 5.56. The molecule has 0 aliphatic rings. The lowest BCUT2D eigenvalue weighted by Crippen LogP contribution is -1.96. The molecule has 2 nitrogen and oxygen atoms in total. The molecule has 2 rings (SSSR count). The van der Waals surface area contributed by atoms with Crippen LogP contribution in [0.3, 0.4) is 0 Å². The van der Waals surface area contributed by atoms with Crippen molar-refractivity contribution in [2.75, 3.05) is 0 Å². The van der Waals surface area contributed by atoms with Crippen LogP contribution in [0.2, 0.25) is 0 Å². The van der Waals surface area contributed by atoms with Gasteiger partial charge in [0.2, 0.25) is 0 Å². The first-order valence-electron chi connectivity index (χ1n) is 7.52. The lowest BCUT2D eigenvalue weighted by atomic mass is 9.93. The molecular weight excluding hydrogens is 260 g/mol. The summed E-state index contributed by atoms with van der Waals surface area (Å²) in [5.41, 5.74) is 2.96. The molecule has 2 heteroatoms. The van der Waals surface area contributed by atoms with Gasteiger partial charge in [0.05, 0.1) is 0 Å². The first kappa shape index (κ1) is 15.3. The summed E-state index contributed by atoms with van der Waals surface area (Å²) >= 11 is 0.